The van der Waals surface area contributed by atoms with Gasteiger partial charge in [-0.1, -0.05) is 55.0 Å². The molecule has 1 aromatic heterocycles. The lowest BCUT2D eigenvalue weighted by atomic mass is 9.98. The van der Waals surface area contributed by atoms with Crippen LogP contribution in [0.5, 0.6) is 0 Å². The summed E-state index contributed by atoms with van der Waals surface area (Å²) in [7, 11) is 0. The Bertz CT molecular complexity index is 1230. The first-order valence-electron chi connectivity index (χ1n) is 11.6. The topological polar surface area (TPSA) is 118 Å². The molecule has 0 bridgehead atoms. The van der Waals surface area contributed by atoms with E-state index in [1.54, 1.807) is 5.38 Å². The summed E-state index contributed by atoms with van der Waals surface area (Å²) in [5.41, 5.74) is 5.10. The summed E-state index contributed by atoms with van der Waals surface area (Å²) < 4.78 is 5.54. The van der Waals surface area contributed by atoms with Crippen LogP contribution in [0.15, 0.2) is 53.9 Å². The summed E-state index contributed by atoms with van der Waals surface area (Å²) in [6.45, 7) is 0.201. The molecule has 3 aromatic rings. The summed E-state index contributed by atoms with van der Waals surface area (Å²) in [5.74, 6) is -1.73. The molecule has 2 aliphatic carbocycles. The van der Waals surface area contributed by atoms with Gasteiger partial charge in [-0.15, -0.1) is 11.3 Å². The van der Waals surface area contributed by atoms with E-state index in [4.69, 9.17) is 4.74 Å². The molecule has 0 radical (unpaired) electrons. The van der Waals surface area contributed by atoms with Gasteiger partial charge in [0, 0.05) is 17.3 Å². The van der Waals surface area contributed by atoms with Crippen molar-refractivity contribution in [2.45, 2.75) is 37.6 Å². The minimum atomic E-state index is -0.879. The van der Waals surface area contributed by atoms with Gasteiger partial charge in [0.1, 0.15) is 6.61 Å². The number of carbonyl (C=O) groups is 3. The van der Waals surface area contributed by atoms with Crippen molar-refractivity contribution in [3.63, 3.8) is 0 Å². The van der Waals surface area contributed by atoms with E-state index in [-0.39, 0.29) is 30.9 Å². The number of nitrogens with one attached hydrogen (secondary N) is 2. The molecule has 2 amide bonds. The quantitative estimate of drug-likeness (QED) is 0.451. The standard InChI is InChI=1S/C26H25N3O5S/c30-23(28-22-11-5-10-20(22)24(31)32)12-15-14-35-25(27-15)29-26(33)34-13-21-18-8-3-1-6-16(18)17-7-2-4-9-19(17)21/h1-4,6-9,14,20-22H,5,10-13H2,(H,28,30)(H,31,32)(H,27,29,33). The second kappa shape index (κ2) is 9.87. The Hall–Kier alpha value is -3.72. The number of benzene rings is 2. The molecule has 1 saturated carbocycles. The third kappa shape index (κ3) is 4.90. The van der Waals surface area contributed by atoms with Crippen LogP contribution in [0.3, 0.4) is 0 Å². The number of rotatable bonds is 7. The average Bonchev–Trinajstić information content (AvgIpc) is 3.56. The van der Waals surface area contributed by atoms with E-state index >= 15 is 0 Å². The number of anilines is 1. The van der Waals surface area contributed by atoms with Crippen molar-refractivity contribution in [3.8, 4) is 11.1 Å². The predicted octanol–water partition coefficient (Wildman–Crippen LogP) is 4.42. The molecule has 9 heteroatoms. The Balaban J connectivity index is 1.15. The number of aromatic nitrogens is 1. The maximum Gasteiger partial charge on any atom is 0.413 e. The number of aliphatic carboxylic acids is 1. The van der Waals surface area contributed by atoms with Crippen LogP contribution < -0.4 is 10.6 Å². The number of hydrogen-bond acceptors (Lipinski definition) is 6. The molecule has 5 rings (SSSR count). The summed E-state index contributed by atoms with van der Waals surface area (Å²) in [5, 5.41) is 16.8. The highest BCUT2D eigenvalue weighted by Gasteiger charge is 2.34. The van der Waals surface area contributed by atoms with Crippen molar-refractivity contribution in [1.82, 2.24) is 10.3 Å². The van der Waals surface area contributed by atoms with Crippen molar-refractivity contribution in [1.29, 1.82) is 0 Å². The van der Waals surface area contributed by atoms with Gasteiger partial charge in [0.15, 0.2) is 5.13 Å². The first-order valence-corrected chi connectivity index (χ1v) is 12.5. The molecule has 0 saturated heterocycles. The number of carbonyl (C=O) groups excluding carboxylic acids is 2. The SMILES string of the molecule is O=C(Cc1csc(NC(=O)OCC2c3ccccc3-c3ccccc32)n1)NC1CCCC1C(=O)O. The molecule has 2 aliphatic rings. The van der Waals surface area contributed by atoms with Gasteiger partial charge in [-0.2, -0.15) is 0 Å². The van der Waals surface area contributed by atoms with Crippen molar-refractivity contribution >= 4 is 34.4 Å². The zero-order valence-electron chi connectivity index (χ0n) is 18.9. The zero-order valence-corrected chi connectivity index (χ0v) is 19.7. The molecule has 3 N–H and O–H groups in total. The highest BCUT2D eigenvalue weighted by molar-refractivity contribution is 7.13. The van der Waals surface area contributed by atoms with E-state index in [2.05, 4.69) is 39.9 Å². The maximum absolute atomic E-state index is 12.5. The van der Waals surface area contributed by atoms with Crippen LogP contribution in [0.25, 0.3) is 11.1 Å². The van der Waals surface area contributed by atoms with Gasteiger partial charge >= 0.3 is 12.1 Å². The second-order valence-electron chi connectivity index (χ2n) is 8.82. The number of thiazole rings is 1. The minimum Gasteiger partial charge on any atom is -0.481 e. The van der Waals surface area contributed by atoms with Crippen molar-refractivity contribution in [3.05, 3.63) is 70.7 Å². The summed E-state index contributed by atoms with van der Waals surface area (Å²) in [6.07, 6.45) is 1.44. The second-order valence-corrected chi connectivity index (χ2v) is 9.68. The molecule has 2 aromatic carbocycles. The molecule has 8 nitrogen and oxygen atoms in total. The summed E-state index contributed by atoms with van der Waals surface area (Å²) in [6, 6.07) is 15.9. The van der Waals surface area contributed by atoms with Crippen molar-refractivity contribution < 1.29 is 24.2 Å². The van der Waals surface area contributed by atoms with Gasteiger partial charge in [0.2, 0.25) is 5.91 Å². The van der Waals surface area contributed by atoms with Crippen LogP contribution in [0.1, 0.15) is 42.0 Å². The van der Waals surface area contributed by atoms with Crippen LogP contribution in [0, 0.1) is 5.92 Å². The van der Waals surface area contributed by atoms with Gasteiger partial charge in [-0.05, 0) is 35.1 Å². The van der Waals surface area contributed by atoms with Gasteiger partial charge in [-0.3, -0.25) is 14.9 Å². The lowest BCUT2D eigenvalue weighted by molar-refractivity contribution is -0.142. The van der Waals surface area contributed by atoms with Gasteiger partial charge in [0.25, 0.3) is 0 Å². The van der Waals surface area contributed by atoms with E-state index in [0.29, 0.717) is 23.7 Å². The molecule has 2 atom stereocenters. The molecule has 0 aliphatic heterocycles. The van der Waals surface area contributed by atoms with Gasteiger partial charge in [0.05, 0.1) is 18.0 Å². The Labute approximate surface area is 206 Å². The average molecular weight is 492 g/mol. The van der Waals surface area contributed by atoms with Crippen LogP contribution in [-0.2, 0) is 20.7 Å². The Kier molecular flexibility index (Phi) is 6.50. The van der Waals surface area contributed by atoms with Crippen LogP contribution in [0.2, 0.25) is 0 Å². The van der Waals surface area contributed by atoms with E-state index in [1.165, 1.54) is 11.3 Å². The van der Waals surface area contributed by atoms with Crippen LogP contribution >= 0.6 is 11.3 Å². The fourth-order valence-electron chi connectivity index (χ4n) is 5.02. The smallest absolute Gasteiger partial charge is 0.413 e. The monoisotopic (exact) mass is 491 g/mol. The van der Waals surface area contributed by atoms with Crippen molar-refractivity contribution in [2.24, 2.45) is 5.92 Å². The maximum atomic E-state index is 12.5. The molecular formula is C26H25N3O5S. The number of ether oxygens (including phenoxy) is 1. The molecule has 35 heavy (non-hydrogen) atoms. The number of amides is 2. The number of fused-ring (bicyclic) bond motifs is 3. The summed E-state index contributed by atoms with van der Waals surface area (Å²) in [4.78, 5) is 40.4. The fraction of sp³-hybridized carbons (Fsp3) is 0.308. The molecule has 180 valence electrons. The Morgan fingerprint density at radius 2 is 1.71 bits per heavy atom. The molecule has 0 spiro atoms. The van der Waals surface area contributed by atoms with Crippen LogP contribution in [0.4, 0.5) is 9.93 Å². The van der Waals surface area contributed by atoms with Gasteiger partial charge < -0.3 is 15.2 Å². The third-order valence-electron chi connectivity index (χ3n) is 6.63. The lowest BCUT2D eigenvalue weighted by Crippen LogP contribution is -2.40. The number of hydrogen-bond donors (Lipinski definition) is 3. The fourth-order valence-corrected chi connectivity index (χ4v) is 5.71. The zero-order chi connectivity index (χ0) is 24.4. The van der Waals surface area contributed by atoms with Crippen LogP contribution in [-0.4, -0.2) is 40.7 Å². The van der Waals surface area contributed by atoms with E-state index in [9.17, 15) is 19.5 Å². The highest BCUT2D eigenvalue weighted by Crippen LogP contribution is 2.44. The third-order valence-corrected chi connectivity index (χ3v) is 7.43. The lowest BCUT2D eigenvalue weighted by Gasteiger charge is -2.17. The number of carboxylic acid groups (broad SMARTS) is 1. The Morgan fingerprint density at radius 1 is 1.03 bits per heavy atom. The summed E-state index contributed by atoms with van der Waals surface area (Å²) >= 11 is 1.21. The first kappa shape index (κ1) is 23.0. The highest BCUT2D eigenvalue weighted by atomic mass is 32.1. The van der Waals surface area contributed by atoms with E-state index in [0.717, 1.165) is 28.7 Å². The van der Waals surface area contributed by atoms with Crippen molar-refractivity contribution in [2.75, 3.05) is 11.9 Å². The molecule has 1 fully saturated rings. The first-order chi connectivity index (χ1) is 17.0. The molecule has 2 unspecified atom stereocenters. The van der Waals surface area contributed by atoms with E-state index in [1.807, 2.05) is 24.3 Å². The molecule has 1 heterocycles. The predicted molar refractivity (Wildman–Crippen MR) is 131 cm³/mol. The normalized spacial score (nSPS) is 18.5. The number of carboxylic acids is 1. The van der Waals surface area contributed by atoms with Gasteiger partial charge in [-0.25, -0.2) is 9.78 Å². The molecular weight excluding hydrogens is 466 g/mol. The number of nitrogens with zero attached hydrogens (tertiary/aromatic N) is 1. The Morgan fingerprint density at radius 3 is 2.40 bits per heavy atom. The van der Waals surface area contributed by atoms with E-state index < -0.39 is 18.0 Å². The largest absolute Gasteiger partial charge is 0.481 e. The minimum absolute atomic E-state index is 0.0196.